The number of aromatic nitrogens is 1. The zero-order valence-electron chi connectivity index (χ0n) is 16.5. The van der Waals surface area contributed by atoms with E-state index >= 15 is 0 Å². The molecule has 4 aromatic rings. The highest BCUT2D eigenvalue weighted by molar-refractivity contribution is 7.85. The highest BCUT2D eigenvalue weighted by Gasteiger charge is 2.22. The van der Waals surface area contributed by atoms with Crippen molar-refractivity contribution < 1.29 is 9.00 Å². The van der Waals surface area contributed by atoms with E-state index < -0.39 is 10.8 Å². The topological polar surface area (TPSA) is 39.1 Å². The third-order valence-electron chi connectivity index (χ3n) is 5.20. The molecule has 1 unspecified atom stereocenters. The van der Waals surface area contributed by atoms with Gasteiger partial charge in [0.1, 0.15) is 15.8 Å². The number of hydrogen-bond donors (Lipinski definition) is 0. The van der Waals surface area contributed by atoms with Gasteiger partial charge in [0, 0.05) is 16.7 Å². The van der Waals surface area contributed by atoms with Crippen molar-refractivity contribution in [3.63, 3.8) is 0 Å². The second-order valence-corrected chi connectivity index (χ2v) is 8.80. The van der Waals surface area contributed by atoms with Crippen molar-refractivity contribution in [2.45, 2.75) is 36.1 Å². The Morgan fingerprint density at radius 3 is 2.31 bits per heavy atom. The van der Waals surface area contributed by atoms with Gasteiger partial charge in [0.05, 0.1) is 5.52 Å². The zero-order valence-corrected chi connectivity index (χ0v) is 17.4. The summed E-state index contributed by atoms with van der Waals surface area (Å²) >= 11 is 0. The lowest BCUT2D eigenvalue weighted by molar-refractivity contribution is 0.0891. The molecule has 3 nitrogen and oxygen atoms in total. The third-order valence-corrected chi connectivity index (χ3v) is 6.58. The predicted molar refractivity (Wildman–Crippen MR) is 118 cm³/mol. The van der Waals surface area contributed by atoms with Gasteiger partial charge < -0.3 is 0 Å². The molecule has 2 atom stereocenters. The number of benzene rings is 3. The fourth-order valence-corrected chi connectivity index (χ4v) is 4.78. The summed E-state index contributed by atoms with van der Waals surface area (Å²) in [6, 6.07) is 27.2. The number of carbonyl (C=O) groups excluding carboxylic acids is 1. The van der Waals surface area contributed by atoms with Gasteiger partial charge in [0.2, 0.25) is 5.91 Å². The maximum Gasteiger partial charge on any atom is 0.232 e. The van der Waals surface area contributed by atoms with E-state index in [1.54, 1.807) is 4.57 Å². The lowest BCUT2D eigenvalue weighted by Crippen LogP contribution is -2.16. The second-order valence-electron chi connectivity index (χ2n) is 7.37. The Morgan fingerprint density at radius 2 is 1.59 bits per heavy atom. The summed E-state index contributed by atoms with van der Waals surface area (Å²) < 4.78 is 15.0. The molecule has 0 saturated heterocycles. The van der Waals surface area contributed by atoms with Gasteiger partial charge in [-0.25, -0.2) is 4.21 Å². The van der Waals surface area contributed by atoms with E-state index in [4.69, 9.17) is 0 Å². The summed E-state index contributed by atoms with van der Waals surface area (Å²) in [5.41, 5.74) is 3.03. The van der Waals surface area contributed by atoms with Crippen molar-refractivity contribution >= 4 is 27.6 Å². The molecular weight excluding hydrogens is 378 g/mol. The van der Waals surface area contributed by atoms with Crippen LogP contribution < -0.4 is 0 Å². The number of para-hydroxylation sites is 1. The lowest BCUT2D eigenvalue weighted by atomic mass is 9.97. The maximum absolute atomic E-state index is 13.3. The van der Waals surface area contributed by atoms with Crippen LogP contribution in [0.3, 0.4) is 0 Å². The van der Waals surface area contributed by atoms with Gasteiger partial charge >= 0.3 is 0 Å². The fraction of sp³-hybridized carbons (Fsp3) is 0.160. The van der Waals surface area contributed by atoms with E-state index in [0.29, 0.717) is 16.3 Å². The van der Waals surface area contributed by atoms with E-state index in [-0.39, 0.29) is 11.8 Å². The molecule has 0 spiro atoms. The van der Waals surface area contributed by atoms with Crippen LogP contribution in [0.4, 0.5) is 0 Å². The van der Waals surface area contributed by atoms with E-state index in [0.717, 1.165) is 22.0 Å². The average molecular weight is 402 g/mol. The first-order chi connectivity index (χ1) is 14.0. The minimum absolute atomic E-state index is 0.0435. The Balaban J connectivity index is 1.74. The van der Waals surface area contributed by atoms with Crippen LogP contribution in [-0.2, 0) is 10.8 Å². The van der Waals surface area contributed by atoms with Gasteiger partial charge in [-0.05, 0) is 42.7 Å². The first-order valence-electron chi connectivity index (χ1n) is 9.71. The van der Waals surface area contributed by atoms with Gasteiger partial charge in [-0.1, -0.05) is 73.2 Å². The molecule has 0 amide bonds. The van der Waals surface area contributed by atoms with Crippen LogP contribution in [0.1, 0.15) is 35.2 Å². The number of hydrogen-bond acceptors (Lipinski definition) is 2. The van der Waals surface area contributed by atoms with Crippen LogP contribution >= 0.6 is 0 Å². The number of rotatable bonds is 5. The van der Waals surface area contributed by atoms with Crippen molar-refractivity contribution in [2.24, 2.45) is 0 Å². The monoisotopic (exact) mass is 401 g/mol. The highest BCUT2D eigenvalue weighted by Crippen LogP contribution is 2.28. The van der Waals surface area contributed by atoms with Crippen LogP contribution in [0, 0.1) is 6.92 Å². The molecule has 0 radical (unpaired) electrons. The molecule has 4 heteroatoms. The standard InChI is InChI=1S/C25H23NO2S/c1-18-12-14-22(15-13-18)29(28)25-17-21-10-6-7-11-23(21)26(25)24(27)16-19(2)20-8-4-3-5-9-20/h3-15,17,19H,16H2,1-2H3/t19-,29?/m0/s1. The molecule has 0 bridgehead atoms. The summed E-state index contributed by atoms with van der Waals surface area (Å²) in [6.07, 6.45) is 0.348. The van der Waals surface area contributed by atoms with Crippen molar-refractivity contribution in [1.29, 1.82) is 0 Å². The molecule has 29 heavy (non-hydrogen) atoms. The maximum atomic E-state index is 13.3. The molecule has 1 aromatic heterocycles. The Morgan fingerprint density at radius 1 is 0.931 bits per heavy atom. The zero-order chi connectivity index (χ0) is 20.4. The number of fused-ring (bicyclic) bond motifs is 1. The number of nitrogens with zero attached hydrogens (tertiary/aromatic N) is 1. The number of aryl methyl sites for hydroxylation is 1. The van der Waals surface area contributed by atoms with Crippen molar-refractivity contribution in [3.8, 4) is 0 Å². The summed E-state index contributed by atoms with van der Waals surface area (Å²) in [4.78, 5) is 14.0. The van der Waals surface area contributed by atoms with Crippen LogP contribution in [0.5, 0.6) is 0 Å². The Kier molecular flexibility index (Phi) is 5.45. The summed E-state index contributed by atoms with van der Waals surface area (Å²) in [5.74, 6) is 0.0311. The van der Waals surface area contributed by atoms with Crippen LogP contribution in [0.25, 0.3) is 10.9 Å². The molecule has 0 aliphatic heterocycles. The van der Waals surface area contributed by atoms with Crippen LogP contribution in [0.15, 0.2) is 94.9 Å². The molecule has 0 N–H and O–H groups in total. The smallest absolute Gasteiger partial charge is 0.232 e. The fourth-order valence-electron chi connectivity index (χ4n) is 3.56. The molecule has 3 aromatic carbocycles. The Bertz CT molecular complexity index is 1180. The molecule has 0 fully saturated rings. The van der Waals surface area contributed by atoms with E-state index in [2.05, 4.69) is 6.92 Å². The second kappa shape index (κ2) is 8.18. The normalized spacial score (nSPS) is 13.3. The van der Waals surface area contributed by atoms with Gasteiger partial charge in [-0.3, -0.25) is 9.36 Å². The Hall–Kier alpha value is -2.98. The SMILES string of the molecule is Cc1ccc(S(=O)c2cc3ccccc3n2C(=O)C[C@H](C)c2ccccc2)cc1. The molecular formula is C25H23NO2S. The average Bonchev–Trinajstić information content (AvgIpc) is 3.14. The minimum atomic E-state index is -1.44. The minimum Gasteiger partial charge on any atom is -0.274 e. The van der Waals surface area contributed by atoms with E-state index in [9.17, 15) is 9.00 Å². The summed E-state index contributed by atoms with van der Waals surface area (Å²) in [7, 11) is -1.44. The largest absolute Gasteiger partial charge is 0.274 e. The van der Waals surface area contributed by atoms with Gasteiger partial charge in [0.15, 0.2) is 0 Å². The molecule has 0 aliphatic rings. The molecule has 0 aliphatic carbocycles. The Labute approximate surface area is 173 Å². The molecule has 4 rings (SSSR count). The highest BCUT2D eigenvalue weighted by atomic mass is 32.2. The van der Waals surface area contributed by atoms with Crippen molar-refractivity contribution in [1.82, 2.24) is 4.57 Å². The quantitative estimate of drug-likeness (QED) is 0.414. The van der Waals surface area contributed by atoms with E-state index in [1.807, 2.05) is 91.9 Å². The lowest BCUT2D eigenvalue weighted by Gasteiger charge is -2.14. The van der Waals surface area contributed by atoms with Crippen molar-refractivity contribution in [2.75, 3.05) is 0 Å². The molecule has 0 saturated carbocycles. The van der Waals surface area contributed by atoms with Crippen molar-refractivity contribution in [3.05, 3.63) is 96.1 Å². The predicted octanol–water partition coefficient (Wildman–Crippen LogP) is 5.95. The van der Waals surface area contributed by atoms with Crippen LogP contribution in [0.2, 0.25) is 0 Å². The first kappa shape index (κ1) is 19.3. The van der Waals surface area contributed by atoms with Gasteiger partial charge in [0.25, 0.3) is 0 Å². The molecule has 146 valence electrons. The van der Waals surface area contributed by atoms with E-state index in [1.165, 1.54) is 0 Å². The third kappa shape index (κ3) is 3.94. The molecule has 1 heterocycles. The van der Waals surface area contributed by atoms with Crippen LogP contribution in [-0.4, -0.2) is 14.7 Å². The summed E-state index contributed by atoms with van der Waals surface area (Å²) in [5, 5.41) is 1.45. The van der Waals surface area contributed by atoms with Gasteiger partial charge in [-0.15, -0.1) is 0 Å². The van der Waals surface area contributed by atoms with Gasteiger partial charge in [-0.2, -0.15) is 0 Å². The number of carbonyl (C=O) groups is 1. The summed E-state index contributed by atoms with van der Waals surface area (Å²) in [6.45, 7) is 4.05. The first-order valence-corrected chi connectivity index (χ1v) is 10.9.